The van der Waals surface area contributed by atoms with Crippen molar-refractivity contribution in [2.75, 3.05) is 0 Å². The fourth-order valence-corrected chi connectivity index (χ4v) is 2.10. The third-order valence-corrected chi connectivity index (χ3v) is 2.81. The van der Waals surface area contributed by atoms with Gasteiger partial charge in [0.15, 0.2) is 0 Å². The zero-order valence-corrected chi connectivity index (χ0v) is 11.0. The van der Waals surface area contributed by atoms with Crippen LogP contribution in [0.3, 0.4) is 0 Å². The van der Waals surface area contributed by atoms with E-state index in [1.165, 1.54) is 0 Å². The number of benzene rings is 2. The molecule has 0 fully saturated rings. The molecule has 2 rings (SSSR count). The van der Waals surface area contributed by atoms with Crippen molar-refractivity contribution in [1.29, 1.82) is 0 Å². The Hall–Kier alpha value is -2.42. The van der Waals surface area contributed by atoms with Crippen molar-refractivity contribution in [2.45, 2.75) is 13.8 Å². The number of nitrogens with zero attached hydrogens (tertiary/aromatic N) is 1. The topological polar surface area (TPSA) is 43.1 Å². The monoisotopic (exact) mass is 253 g/mol. The van der Waals surface area contributed by atoms with E-state index in [9.17, 15) is 10.1 Å². The van der Waals surface area contributed by atoms with Crippen LogP contribution in [0.25, 0.3) is 11.8 Å². The van der Waals surface area contributed by atoms with Crippen molar-refractivity contribution in [1.82, 2.24) is 0 Å². The van der Waals surface area contributed by atoms with Crippen LogP contribution in [-0.2, 0) is 0 Å². The summed E-state index contributed by atoms with van der Waals surface area (Å²) < 4.78 is 0. The van der Waals surface area contributed by atoms with Gasteiger partial charge in [0.25, 0.3) is 5.70 Å². The first-order chi connectivity index (χ1) is 9.06. The lowest BCUT2D eigenvalue weighted by molar-refractivity contribution is -0.374. The van der Waals surface area contributed by atoms with Crippen LogP contribution >= 0.6 is 0 Å². The van der Waals surface area contributed by atoms with Crippen molar-refractivity contribution in [3.63, 3.8) is 0 Å². The van der Waals surface area contributed by atoms with Crippen LogP contribution in [0, 0.1) is 24.0 Å². The van der Waals surface area contributed by atoms with Gasteiger partial charge in [-0.1, -0.05) is 47.5 Å². The van der Waals surface area contributed by atoms with Gasteiger partial charge in [0.2, 0.25) is 0 Å². The molecule has 0 aliphatic heterocycles. The largest absolute Gasteiger partial charge is 0.277 e. The first-order valence-electron chi connectivity index (χ1n) is 6.06. The van der Waals surface area contributed by atoms with Crippen molar-refractivity contribution in [2.24, 2.45) is 0 Å². The molecule has 2 aromatic carbocycles. The Labute approximate surface area is 112 Å². The van der Waals surface area contributed by atoms with E-state index in [4.69, 9.17) is 0 Å². The fourth-order valence-electron chi connectivity index (χ4n) is 2.10. The smallest absolute Gasteiger partial charge is 0.258 e. The highest BCUT2D eigenvalue weighted by Crippen LogP contribution is 2.20. The molecule has 0 amide bonds. The molecule has 96 valence electrons. The molecule has 0 aliphatic carbocycles. The minimum atomic E-state index is -0.340. The average Bonchev–Trinajstić information content (AvgIpc) is 2.35. The molecular formula is C16H15NO2. The summed E-state index contributed by atoms with van der Waals surface area (Å²) in [6.07, 6.45) is 1.62. The standard InChI is InChI=1S/C16H15NO2/c1-12-8-13(2)10-14(9-12)11-16(17(18)19)15-6-4-3-5-7-15/h3-11H,1-2H3. The molecule has 0 heterocycles. The molecule has 3 nitrogen and oxygen atoms in total. The normalized spacial score (nSPS) is 11.4. The molecule has 0 aromatic heterocycles. The molecule has 0 N–H and O–H groups in total. The molecule has 0 unspecified atom stereocenters. The molecule has 0 bridgehead atoms. The summed E-state index contributed by atoms with van der Waals surface area (Å²) in [7, 11) is 0. The van der Waals surface area contributed by atoms with Gasteiger partial charge in [-0.3, -0.25) is 10.1 Å². The van der Waals surface area contributed by atoms with Crippen molar-refractivity contribution >= 4 is 11.8 Å². The van der Waals surface area contributed by atoms with Gasteiger partial charge in [0.05, 0.1) is 10.5 Å². The maximum Gasteiger partial charge on any atom is 0.277 e. The molecule has 0 radical (unpaired) electrons. The third kappa shape index (κ3) is 3.28. The summed E-state index contributed by atoms with van der Waals surface area (Å²) in [5.74, 6) is 0. The second-order valence-corrected chi connectivity index (χ2v) is 4.57. The summed E-state index contributed by atoms with van der Waals surface area (Å²) in [5.41, 5.74) is 3.79. The molecule has 0 atom stereocenters. The Morgan fingerprint density at radius 1 is 1.05 bits per heavy atom. The summed E-state index contributed by atoms with van der Waals surface area (Å²) >= 11 is 0. The second kappa shape index (κ2) is 5.48. The number of aryl methyl sites for hydroxylation is 2. The van der Waals surface area contributed by atoms with Crippen LogP contribution in [0.4, 0.5) is 0 Å². The average molecular weight is 253 g/mol. The van der Waals surface area contributed by atoms with E-state index in [1.807, 2.05) is 38.1 Å². The van der Waals surface area contributed by atoms with E-state index in [0.29, 0.717) is 5.56 Å². The van der Waals surface area contributed by atoms with Gasteiger partial charge in [-0.25, -0.2) is 0 Å². The van der Waals surface area contributed by atoms with Crippen molar-refractivity contribution in [3.05, 3.63) is 80.9 Å². The highest BCUT2D eigenvalue weighted by molar-refractivity contribution is 5.76. The van der Waals surface area contributed by atoms with Crippen molar-refractivity contribution < 1.29 is 4.92 Å². The van der Waals surface area contributed by atoms with Crippen LogP contribution in [0.1, 0.15) is 22.3 Å². The highest BCUT2D eigenvalue weighted by Gasteiger charge is 2.13. The predicted molar refractivity (Wildman–Crippen MR) is 77.2 cm³/mol. The predicted octanol–water partition coefficient (Wildman–Crippen LogP) is 4.08. The maximum absolute atomic E-state index is 11.2. The lowest BCUT2D eigenvalue weighted by atomic mass is 10.0. The Bertz CT molecular complexity index is 610. The quantitative estimate of drug-likeness (QED) is 0.470. The molecule has 0 aliphatic rings. The van der Waals surface area contributed by atoms with Gasteiger partial charge in [0.1, 0.15) is 0 Å². The maximum atomic E-state index is 11.2. The fraction of sp³-hybridized carbons (Fsp3) is 0.125. The summed E-state index contributed by atoms with van der Waals surface area (Å²) in [6.45, 7) is 3.97. The first-order valence-corrected chi connectivity index (χ1v) is 6.06. The van der Waals surface area contributed by atoms with Gasteiger partial charge in [-0.15, -0.1) is 0 Å². The number of hydrogen-bond acceptors (Lipinski definition) is 2. The number of hydrogen-bond donors (Lipinski definition) is 0. The van der Waals surface area contributed by atoms with E-state index in [-0.39, 0.29) is 10.6 Å². The molecule has 0 spiro atoms. The zero-order valence-electron chi connectivity index (χ0n) is 11.0. The number of nitro groups is 1. The molecule has 0 saturated carbocycles. The van der Waals surface area contributed by atoms with Gasteiger partial charge in [-0.05, 0) is 31.5 Å². The van der Waals surface area contributed by atoms with E-state index >= 15 is 0 Å². The highest BCUT2D eigenvalue weighted by atomic mass is 16.6. The van der Waals surface area contributed by atoms with Crippen LogP contribution in [0.2, 0.25) is 0 Å². The number of rotatable bonds is 3. The van der Waals surface area contributed by atoms with Gasteiger partial charge in [0, 0.05) is 6.08 Å². The SMILES string of the molecule is Cc1cc(C)cc(C=C(c2ccccc2)[N+](=O)[O-])c1. The van der Waals surface area contributed by atoms with Gasteiger partial charge >= 0.3 is 0 Å². The lowest BCUT2D eigenvalue weighted by Crippen LogP contribution is -1.97. The van der Waals surface area contributed by atoms with Gasteiger partial charge in [-0.2, -0.15) is 0 Å². The molecule has 0 saturated heterocycles. The van der Waals surface area contributed by atoms with Crippen LogP contribution in [-0.4, -0.2) is 4.92 Å². The van der Waals surface area contributed by atoms with Crippen molar-refractivity contribution in [3.8, 4) is 0 Å². The summed E-state index contributed by atoms with van der Waals surface area (Å²) in [5, 5.41) is 11.2. The third-order valence-electron chi connectivity index (χ3n) is 2.81. The minimum Gasteiger partial charge on any atom is -0.258 e. The van der Waals surface area contributed by atoms with Crippen LogP contribution in [0.5, 0.6) is 0 Å². The Morgan fingerprint density at radius 2 is 1.63 bits per heavy atom. The molecular weight excluding hydrogens is 238 g/mol. The summed E-state index contributed by atoms with van der Waals surface area (Å²) in [4.78, 5) is 10.9. The van der Waals surface area contributed by atoms with E-state index < -0.39 is 0 Å². The zero-order chi connectivity index (χ0) is 13.8. The Kier molecular flexibility index (Phi) is 3.76. The summed E-state index contributed by atoms with van der Waals surface area (Å²) in [6, 6.07) is 14.9. The van der Waals surface area contributed by atoms with E-state index in [0.717, 1.165) is 16.7 Å². The minimum absolute atomic E-state index is 0.116. The van der Waals surface area contributed by atoms with Gasteiger partial charge < -0.3 is 0 Å². The lowest BCUT2D eigenvalue weighted by Gasteiger charge is -2.02. The van der Waals surface area contributed by atoms with Crippen LogP contribution < -0.4 is 0 Å². The van der Waals surface area contributed by atoms with E-state index in [1.54, 1.807) is 30.3 Å². The molecule has 2 aromatic rings. The Balaban J connectivity index is 2.50. The molecule has 3 heteroatoms. The Morgan fingerprint density at radius 3 is 2.16 bits per heavy atom. The van der Waals surface area contributed by atoms with Crippen LogP contribution in [0.15, 0.2) is 48.5 Å². The first kappa shape index (κ1) is 13.0. The molecule has 19 heavy (non-hydrogen) atoms. The van der Waals surface area contributed by atoms with E-state index in [2.05, 4.69) is 0 Å². The second-order valence-electron chi connectivity index (χ2n) is 4.57.